The molecule has 0 radical (unpaired) electrons. The van der Waals surface area contributed by atoms with Crippen molar-refractivity contribution in [1.29, 1.82) is 0 Å². The van der Waals surface area contributed by atoms with Crippen molar-refractivity contribution in [3.63, 3.8) is 0 Å². The molecule has 152 valence electrons. The van der Waals surface area contributed by atoms with E-state index >= 15 is 0 Å². The summed E-state index contributed by atoms with van der Waals surface area (Å²) in [6.07, 6.45) is -2.69. The van der Waals surface area contributed by atoms with E-state index in [1.807, 2.05) is 25.1 Å². The fraction of sp³-hybridized carbons (Fsp3) is 0.0909. The number of fused-ring (bicyclic) bond motifs is 1. The van der Waals surface area contributed by atoms with Crippen molar-refractivity contribution < 1.29 is 18.0 Å². The van der Waals surface area contributed by atoms with Crippen molar-refractivity contribution in [1.82, 2.24) is 9.38 Å². The van der Waals surface area contributed by atoms with Crippen LogP contribution in [0.3, 0.4) is 0 Å². The molecule has 2 heterocycles. The first-order chi connectivity index (χ1) is 14.2. The largest absolute Gasteiger partial charge is 0.416 e. The Labute approximate surface area is 174 Å². The summed E-state index contributed by atoms with van der Waals surface area (Å²) in [4.78, 5) is 17.4. The summed E-state index contributed by atoms with van der Waals surface area (Å²) in [5, 5.41) is 3.30. The van der Waals surface area contributed by atoms with Crippen molar-refractivity contribution in [2.24, 2.45) is 0 Å². The van der Waals surface area contributed by atoms with E-state index < -0.39 is 17.6 Å². The molecule has 0 unspecified atom stereocenters. The zero-order valence-electron chi connectivity index (χ0n) is 15.7. The molecular formula is C22H15ClF3N3O. The van der Waals surface area contributed by atoms with E-state index in [1.165, 1.54) is 0 Å². The number of nitrogens with zero attached hydrogens (tertiary/aromatic N) is 2. The van der Waals surface area contributed by atoms with E-state index in [-0.39, 0.29) is 5.56 Å². The number of pyridine rings is 1. The molecule has 4 rings (SSSR count). The lowest BCUT2D eigenvalue weighted by Gasteiger charge is -2.10. The summed E-state index contributed by atoms with van der Waals surface area (Å²) >= 11 is 6.11. The third kappa shape index (κ3) is 3.89. The molecular weight excluding hydrogens is 415 g/mol. The van der Waals surface area contributed by atoms with Crippen LogP contribution in [-0.4, -0.2) is 15.3 Å². The minimum absolute atomic E-state index is 0.0992. The molecule has 4 aromatic rings. The maximum Gasteiger partial charge on any atom is 0.416 e. The second-order valence-electron chi connectivity index (χ2n) is 6.78. The van der Waals surface area contributed by atoms with E-state index in [0.717, 1.165) is 29.8 Å². The highest BCUT2D eigenvalue weighted by Crippen LogP contribution is 2.32. The number of hydrogen-bond donors (Lipinski definition) is 1. The van der Waals surface area contributed by atoms with Gasteiger partial charge in [0, 0.05) is 22.3 Å². The summed E-state index contributed by atoms with van der Waals surface area (Å²) < 4.78 is 40.1. The predicted molar refractivity (Wildman–Crippen MR) is 110 cm³/mol. The Hall–Kier alpha value is -3.32. The van der Waals surface area contributed by atoms with Crippen LogP contribution in [0, 0.1) is 6.92 Å². The lowest BCUT2D eigenvalue weighted by Crippen LogP contribution is -2.14. The number of rotatable bonds is 3. The molecule has 0 atom stereocenters. The highest BCUT2D eigenvalue weighted by atomic mass is 35.5. The molecule has 2 aromatic carbocycles. The summed E-state index contributed by atoms with van der Waals surface area (Å²) in [7, 11) is 0. The number of amides is 1. The predicted octanol–water partition coefficient (Wildman–Crippen LogP) is 6.23. The first-order valence-electron chi connectivity index (χ1n) is 8.95. The summed E-state index contributed by atoms with van der Waals surface area (Å²) in [6, 6.07) is 14.8. The standard InChI is InChI=1S/C22H15ClF3N3O/c1-13-9-10-29-18(11-13)27-19(15-3-2-4-17(23)12-15)20(29)28-21(30)14-5-7-16(8-6-14)22(24,25)26/h2-12H,1H3,(H,28,30). The number of anilines is 1. The number of alkyl halides is 3. The SMILES string of the molecule is Cc1ccn2c(NC(=O)c3ccc(C(F)(F)F)cc3)c(-c3cccc(Cl)c3)nc2c1. The fourth-order valence-electron chi connectivity index (χ4n) is 3.09. The van der Waals surface area contributed by atoms with Gasteiger partial charge in [-0.15, -0.1) is 0 Å². The van der Waals surface area contributed by atoms with Crippen LogP contribution in [0.1, 0.15) is 21.5 Å². The quantitative estimate of drug-likeness (QED) is 0.419. The third-order valence-electron chi connectivity index (χ3n) is 4.59. The van der Waals surface area contributed by atoms with E-state index in [0.29, 0.717) is 27.7 Å². The van der Waals surface area contributed by atoms with Gasteiger partial charge in [-0.1, -0.05) is 23.7 Å². The van der Waals surface area contributed by atoms with Crippen molar-refractivity contribution in [2.45, 2.75) is 13.1 Å². The van der Waals surface area contributed by atoms with Crippen LogP contribution in [0.2, 0.25) is 5.02 Å². The summed E-state index contributed by atoms with van der Waals surface area (Å²) in [5.41, 5.74) is 2.10. The lowest BCUT2D eigenvalue weighted by molar-refractivity contribution is -0.137. The molecule has 0 saturated carbocycles. The number of hydrogen-bond acceptors (Lipinski definition) is 2. The van der Waals surface area contributed by atoms with Crippen LogP contribution in [0.15, 0.2) is 66.9 Å². The van der Waals surface area contributed by atoms with Gasteiger partial charge in [0.1, 0.15) is 17.2 Å². The van der Waals surface area contributed by atoms with Crippen molar-refractivity contribution >= 4 is 29.0 Å². The molecule has 8 heteroatoms. The van der Waals surface area contributed by atoms with E-state index in [9.17, 15) is 18.0 Å². The zero-order chi connectivity index (χ0) is 21.5. The maximum atomic E-state index is 12.8. The van der Waals surface area contributed by atoms with Crippen LogP contribution < -0.4 is 5.32 Å². The summed E-state index contributed by atoms with van der Waals surface area (Å²) in [6.45, 7) is 1.92. The minimum atomic E-state index is -4.46. The minimum Gasteiger partial charge on any atom is -0.306 e. The monoisotopic (exact) mass is 429 g/mol. The topological polar surface area (TPSA) is 46.4 Å². The fourth-order valence-corrected chi connectivity index (χ4v) is 3.28. The Balaban J connectivity index is 1.76. The molecule has 0 fully saturated rings. The number of nitrogens with one attached hydrogen (secondary N) is 1. The average Bonchev–Trinajstić information content (AvgIpc) is 3.05. The molecule has 4 nitrogen and oxygen atoms in total. The number of carbonyl (C=O) groups is 1. The lowest BCUT2D eigenvalue weighted by atomic mass is 10.1. The van der Waals surface area contributed by atoms with Gasteiger partial charge in [0.15, 0.2) is 0 Å². The number of halogens is 4. The van der Waals surface area contributed by atoms with Crippen molar-refractivity contribution in [2.75, 3.05) is 5.32 Å². The molecule has 0 aliphatic carbocycles. The third-order valence-corrected chi connectivity index (χ3v) is 4.82. The molecule has 1 amide bonds. The van der Waals surface area contributed by atoms with Crippen molar-refractivity contribution in [3.05, 3.63) is 88.6 Å². The molecule has 0 aliphatic heterocycles. The highest BCUT2D eigenvalue weighted by Gasteiger charge is 2.30. The Morgan fingerprint density at radius 1 is 1.07 bits per heavy atom. The molecule has 0 bridgehead atoms. The average molecular weight is 430 g/mol. The van der Waals surface area contributed by atoms with Crippen LogP contribution in [0.5, 0.6) is 0 Å². The molecule has 0 spiro atoms. The van der Waals surface area contributed by atoms with Gasteiger partial charge in [0.25, 0.3) is 5.91 Å². The van der Waals surface area contributed by atoms with Gasteiger partial charge < -0.3 is 5.32 Å². The number of carbonyl (C=O) groups excluding carboxylic acids is 1. The van der Waals surface area contributed by atoms with E-state index in [1.54, 1.807) is 28.8 Å². The van der Waals surface area contributed by atoms with Gasteiger partial charge in [0.05, 0.1) is 5.56 Å². The smallest absolute Gasteiger partial charge is 0.306 e. The summed E-state index contributed by atoms with van der Waals surface area (Å²) in [5.74, 6) is -0.147. The second kappa shape index (κ2) is 7.50. The first kappa shape index (κ1) is 20.0. The second-order valence-corrected chi connectivity index (χ2v) is 7.22. The number of imidazole rings is 1. The van der Waals surface area contributed by atoms with Crippen LogP contribution in [0.25, 0.3) is 16.9 Å². The molecule has 0 aliphatic rings. The van der Waals surface area contributed by atoms with E-state index in [2.05, 4.69) is 10.3 Å². The first-order valence-corrected chi connectivity index (χ1v) is 9.33. The number of aromatic nitrogens is 2. The zero-order valence-corrected chi connectivity index (χ0v) is 16.4. The Kier molecular flexibility index (Phi) is 4.99. The van der Waals surface area contributed by atoms with Crippen LogP contribution in [-0.2, 0) is 6.18 Å². The molecule has 1 N–H and O–H groups in total. The van der Waals surface area contributed by atoms with Gasteiger partial charge in [-0.2, -0.15) is 13.2 Å². The molecule has 2 aromatic heterocycles. The van der Waals surface area contributed by atoms with Gasteiger partial charge in [0.2, 0.25) is 0 Å². The molecule has 0 saturated heterocycles. The normalized spacial score (nSPS) is 11.6. The van der Waals surface area contributed by atoms with Gasteiger partial charge >= 0.3 is 6.18 Å². The van der Waals surface area contributed by atoms with Gasteiger partial charge in [-0.3, -0.25) is 9.20 Å². The van der Waals surface area contributed by atoms with Gasteiger partial charge in [-0.05, 0) is 61.0 Å². The Morgan fingerprint density at radius 3 is 2.47 bits per heavy atom. The van der Waals surface area contributed by atoms with Gasteiger partial charge in [-0.25, -0.2) is 4.98 Å². The van der Waals surface area contributed by atoms with Crippen LogP contribution in [0.4, 0.5) is 19.0 Å². The van der Waals surface area contributed by atoms with Crippen LogP contribution >= 0.6 is 11.6 Å². The molecule has 30 heavy (non-hydrogen) atoms. The van der Waals surface area contributed by atoms with E-state index in [4.69, 9.17) is 11.6 Å². The Bertz CT molecular complexity index is 1250. The highest BCUT2D eigenvalue weighted by molar-refractivity contribution is 6.30. The van der Waals surface area contributed by atoms with Crippen molar-refractivity contribution in [3.8, 4) is 11.3 Å². The maximum absolute atomic E-state index is 12.8. The number of aryl methyl sites for hydroxylation is 1. The Morgan fingerprint density at radius 2 is 1.80 bits per heavy atom. The number of benzene rings is 2.